The molecule has 1 heterocycles. The molecule has 92 valence electrons. The molecule has 1 aliphatic rings. The normalized spacial score (nSPS) is 21.0. The van der Waals surface area contributed by atoms with Crippen LogP contribution >= 0.6 is 0 Å². The monoisotopic (exact) mass is 228 g/mol. The van der Waals surface area contributed by atoms with Gasteiger partial charge in [-0.3, -0.25) is 14.6 Å². The molecular weight excluding hydrogens is 208 g/mol. The highest BCUT2D eigenvalue weighted by atomic mass is 16.5. The molecule has 0 saturated carbocycles. The summed E-state index contributed by atoms with van der Waals surface area (Å²) in [6.07, 6.45) is 1.55. The van der Waals surface area contributed by atoms with Crippen LogP contribution in [0.15, 0.2) is 0 Å². The lowest BCUT2D eigenvalue weighted by Gasteiger charge is -2.33. The fourth-order valence-electron chi connectivity index (χ4n) is 1.67. The molecular formula is C11H20N2O3. The van der Waals surface area contributed by atoms with Gasteiger partial charge in [-0.05, 0) is 19.8 Å². The molecule has 1 aliphatic heterocycles. The molecule has 1 unspecified atom stereocenters. The van der Waals surface area contributed by atoms with Gasteiger partial charge in [0.25, 0.3) is 0 Å². The van der Waals surface area contributed by atoms with E-state index in [-0.39, 0.29) is 23.8 Å². The predicted octanol–water partition coefficient (Wildman–Crippen LogP) is 0.701. The van der Waals surface area contributed by atoms with Crippen molar-refractivity contribution in [1.29, 1.82) is 0 Å². The minimum Gasteiger partial charge on any atom is -0.465 e. The summed E-state index contributed by atoms with van der Waals surface area (Å²) in [4.78, 5) is 23.2. The Kier molecular flexibility index (Phi) is 4.73. The molecule has 0 spiro atoms. The van der Waals surface area contributed by atoms with Gasteiger partial charge >= 0.3 is 5.97 Å². The van der Waals surface area contributed by atoms with Gasteiger partial charge < -0.3 is 4.74 Å². The van der Waals surface area contributed by atoms with Gasteiger partial charge in [0.1, 0.15) is 6.04 Å². The highest BCUT2D eigenvalue weighted by Crippen LogP contribution is 2.11. The molecule has 5 nitrogen and oxygen atoms in total. The van der Waals surface area contributed by atoms with Gasteiger partial charge in [0.2, 0.25) is 5.91 Å². The first-order valence-corrected chi connectivity index (χ1v) is 5.80. The molecule has 5 heteroatoms. The first kappa shape index (κ1) is 13.0. The highest BCUT2D eigenvalue weighted by molar-refractivity contribution is 5.80. The summed E-state index contributed by atoms with van der Waals surface area (Å²) in [7, 11) is 0. The number of hydrogen-bond acceptors (Lipinski definition) is 4. The van der Waals surface area contributed by atoms with Crippen molar-refractivity contribution in [3.8, 4) is 0 Å². The lowest BCUT2D eigenvalue weighted by Crippen LogP contribution is -2.56. The highest BCUT2D eigenvalue weighted by Gasteiger charge is 2.29. The lowest BCUT2D eigenvalue weighted by molar-refractivity contribution is -0.152. The number of hydrogen-bond donors (Lipinski definition) is 1. The summed E-state index contributed by atoms with van der Waals surface area (Å²) in [5, 5.41) is 1.54. The quantitative estimate of drug-likeness (QED) is 0.722. The molecule has 16 heavy (non-hydrogen) atoms. The molecule has 0 aromatic heterocycles. The van der Waals surface area contributed by atoms with Crippen LogP contribution in [0, 0.1) is 5.92 Å². The van der Waals surface area contributed by atoms with E-state index in [4.69, 9.17) is 4.74 Å². The number of hydrazine groups is 1. The molecule has 1 N–H and O–H groups in total. The summed E-state index contributed by atoms with van der Waals surface area (Å²) in [5.74, 6) is -0.314. The second kappa shape index (κ2) is 5.84. The predicted molar refractivity (Wildman–Crippen MR) is 59.3 cm³/mol. The van der Waals surface area contributed by atoms with Crippen LogP contribution < -0.4 is 5.43 Å². The second-order valence-electron chi connectivity index (χ2n) is 4.22. The molecule has 1 fully saturated rings. The van der Waals surface area contributed by atoms with Gasteiger partial charge in [0.15, 0.2) is 0 Å². The molecule has 1 atom stereocenters. The first-order chi connectivity index (χ1) is 7.56. The van der Waals surface area contributed by atoms with Crippen LogP contribution in [0.1, 0.15) is 33.6 Å². The van der Waals surface area contributed by atoms with Crippen molar-refractivity contribution in [2.24, 2.45) is 5.92 Å². The van der Waals surface area contributed by atoms with E-state index in [0.717, 1.165) is 12.8 Å². The molecule has 0 bridgehead atoms. The Morgan fingerprint density at radius 1 is 1.50 bits per heavy atom. The van der Waals surface area contributed by atoms with E-state index < -0.39 is 0 Å². The van der Waals surface area contributed by atoms with Gasteiger partial charge in [-0.2, -0.15) is 0 Å². The summed E-state index contributed by atoms with van der Waals surface area (Å²) in [6, 6.07) is -0.378. The molecule has 1 amide bonds. The summed E-state index contributed by atoms with van der Waals surface area (Å²) < 4.78 is 4.93. The van der Waals surface area contributed by atoms with Gasteiger partial charge in [0.05, 0.1) is 6.61 Å². The third-order valence-corrected chi connectivity index (χ3v) is 2.52. The molecule has 0 aromatic rings. The van der Waals surface area contributed by atoms with Crippen LogP contribution in [-0.4, -0.2) is 36.1 Å². The number of esters is 1. The Balaban J connectivity index is 2.53. The summed E-state index contributed by atoms with van der Waals surface area (Å²) >= 11 is 0. The Morgan fingerprint density at radius 3 is 2.75 bits per heavy atom. The molecule has 0 radical (unpaired) electrons. The van der Waals surface area contributed by atoms with Crippen molar-refractivity contribution in [2.45, 2.75) is 39.7 Å². The van der Waals surface area contributed by atoms with Crippen molar-refractivity contribution in [3.63, 3.8) is 0 Å². The van der Waals surface area contributed by atoms with Crippen molar-refractivity contribution in [3.05, 3.63) is 0 Å². The van der Waals surface area contributed by atoms with Crippen LogP contribution in [0.4, 0.5) is 0 Å². The summed E-state index contributed by atoms with van der Waals surface area (Å²) in [6.45, 7) is 6.50. The number of amides is 1. The lowest BCUT2D eigenvalue weighted by atomic mass is 10.1. The van der Waals surface area contributed by atoms with Crippen molar-refractivity contribution >= 4 is 11.9 Å². The average molecular weight is 228 g/mol. The maximum absolute atomic E-state index is 11.7. The fourth-order valence-corrected chi connectivity index (χ4v) is 1.67. The molecule has 0 aliphatic carbocycles. The Hall–Kier alpha value is -1.10. The van der Waals surface area contributed by atoms with Crippen molar-refractivity contribution in [2.75, 3.05) is 13.2 Å². The number of ether oxygens (including phenoxy) is 1. The third kappa shape index (κ3) is 3.20. The Morgan fingerprint density at radius 2 is 2.19 bits per heavy atom. The number of carbonyl (C=O) groups is 2. The molecule has 1 rings (SSSR count). The second-order valence-corrected chi connectivity index (χ2v) is 4.22. The molecule has 1 saturated heterocycles. The summed E-state index contributed by atoms with van der Waals surface area (Å²) in [5.41, 5.74) is 2.93. The van der Waals surface area contributed by atoms with Crippen LogP contribution in [-0.2, 0) is 14.3 Å². The fraction of sp³-hybridized carbons (Fsp3) is 0.818. The van der Waals surface area contributed by atoms with Crippen LogP contribution in [0.3, 0.4) is 0 Å². The Labute approximate surface area is 96.1 Å². The van der Waals surface area contributed by atoms with Gasteiger partial charge in [-0.1, -0.05) is 13.8 Å². The van der Waals surface area contributed by atoms with Crippen molar-refractivity contribution < 1.29 is 14.3 Å². The van der Waals surface area contributed by atoms with Crippen LogP contribution in [0.5, 0.6) is 0 Å². The number of nitrogens with one attached hydrogen (secondary N) is 1. The maximum atomic E-state index is 11.7. The Bertz CT molecular complexity index is 266. The molecule has 0 aromatic carbocycles. The van der Waals surface area contributed by atoms with E-state index in [1.54, 1.807) is 6.92 Å². The first-order valence-electron chi connectivity index (χ1n) is 5.80. The van der Waals surface area contributed by atoms with E-state index in [1.165, 1.54) is 5.01 Å². The van der Waals surface area contributed by atoms with E-state index in [2.05, 4.69) is 5.43 Å². The third-order valence-electron chi connectivity index (χ3n) is 2.52. The van der Waals surface area contributed by atoms with Crippen molar-refractivity contribution in [1.82, 2.24) is 10.4 Å². The number of rotatable bonds is 3. The van der Waals surface area contributed by atoms with Gasteiger partial charge in [0, 0.05) is 12.5 Å². The van der Waals surface area contributed by atoms with Crippen LogP contribution in [0.2, 0.25) is 0 Å². The largest absolute Gasteiger partial charge is 0.465 e. The zero-order valence-corrected chi connectivity index (χ0v) is 10.2. The minimum atomic E-state index is -0.378. The zero-order valence-electron chi connectivity index (χ0n) is 10.2. The number of nitrogens with zero attached hydrogens (tertiary/aromatic N) is 1. The number of carbonyl (C=O) groups excluding carboxylic acids is 2. The minimum absolute atomic E-state index is 0.0222. The standard InChI is InChI=1S/C11H20N2O3/c1-4-16-11(15)9-6-5-7-13(12-9)10(14)8(2)3/h8-9,12H,4-7H2,1-3H3. The SMILES string of the molecule is CCOC(=O)C1CCCN(C(=O)C(C)C)N1. The zero-order chi connectivity index (χ0) is 12.1. The average Bonchev–Trinajstić information content (AvgIpc) is 2.28. The van der Waals surface area contributed by atoms with E-state index in [9.17, 15) is 9.59 Å². The van der Waals surface area contributed by atoms with E-state index in [1.807, 2.05) is 13.8 Å². The van der Waals surface area contributed by atoms with E-state index in [0.29, 0.717) is 13.2 Å². The van der Waals surface area contributed by atoms with E-state index >= 15 is 0 Å². The topological polar surface area (TPSA) is 58.6 Å². The maximum Gasteiger partial charge on any atom is 0.324 e. The smallest absolute Gasteiger partial charge is 0.324 e. The van der Waals surface area contributed by atoms with Gasteiger partial charge in [-0.25, -0.2) is 5.43 Å². The van der Waals surface area contributed by atoms with Crippen LogP contribution in [0.25, 0.3) is 0 Å². The van der Waals surface area contributed by atoms with Gasteiger partial charge in [-0.15, -0.1) is 0 Å².